The standard InChI is InChI=1S/C15H27N3/c1-4-8-16-13-14-7-9-17-15(12-14)18(10-5-2)11-6-3/h7,9,12,16H,4-6,8,10-11,13H2,1-3H3. The third-order valence-corrected chi connectivity index (χ3v) is 2.88. The molecule has 0 saturated heterocycles. The predicted octanol–water partition coefficient (Wildman–Crippen LogP) is 3.21. The van der Waals surface area contributed by atoms with E-state index in [-0.39, 0.29) is 0 Å². The highest BCUT2D eigenvalue weighted by atomic mass is 15.2. The molecule has 1 N–H and O–H groups in total. The van der Waals surface area contributed by atoms with Gasteiger partial charge in [0.2, 0.25) is 0 Å². The van der Waals surface area contributed by atoms with Crippen molar-refractivity contribution in [2.45, 2.75) is 46.6 Å². The molecule has 3 nitrogen and oxygen atoms in total. The summed E-state index contributed by atoms with van der Waals surface area (Å²) in [5.41, 5.74) is 1.32. The molecule has 0 amide bonds. The number of pyridine rings is 1. The Labute approximate surface area is 112 Å². The molecular formula is C15H27N3. The molecule has 0 unspecified atom stereocenters. The molecule has 0 radical (unpaired) electrons. The first kappa shape index (κ1) is 15.0. The summed E-state index contributed by atoms with van der Waals surface area (Å²) in [7, 11) is 0. The Balaban J connectivity index is 2.65. The molecule has 0 saturated carbocycles. The van der Waals surface area contributed by atoms with Crippen molar-refractivity contribution in [3.8, 4) is 0 Å². The molecule has 0 aliphatic heterocycles. The Morgan fingerprint density at radius 1 is 1.11 bits per heavy atom. The van der Waals surface area contributed by atoms with Crippen molar-refractivity contribution >= 4 is 5.82 Å². The van der Waals surface area contributed by atoms with Crippen LogP contribution in [-0.4, -0.2) is 24.6 Å². The lowest BCUT2D eigenvalue weighted by atomic mass is 10.2. The van der Waals surface area contributed by atoms with Crippen molar-refractivity contribution in [1.29, 1.82) is 0 Å². The van der Waals surface area contributed by atoms with Crippen LogP contribution in [0.5, 0.6) is 0 Å². The van der Waals surface area contributed by atoms with Crippen LogP contribution in [0, 0.1) is 0 Å². The maximum atomic E-state index is 4.50. The van der Waals surface area contributed by atoms with E-state index < -0.39 is 0 Å². The van der Waals surface area contributed by atoms with Crippen LogP contribution in [0.3, 0.4) is 0 Å². The van der Waals surface area contributed by atoms with Gasteiger partial charge in [-0.15, -0.1) is 0 Å². The number of nitrogens with one attached hydrogen (secondary N) is 1. The van der Waals surface area contributed by atoms with Crippen molar-refractivity contribution in [3.05, 3.63) is 23.9 Å². The fraction of sp³-hybridized carbons (Fsp3) is 0.667. The highest BCUT2D eigenvalue weighted by Crippen LogP contribution is 2.13. The Bertz CT molecular complexity index is 319. The molecule has 0 bridgehead atoms. The van der Waals surface area contributed by atoms with Gasteiger partial charge >= 0.3 is 0 Å². The fourth-order valence-electron chi connectivity index (χ4n) is 2.03. The van der Waals surface area contributed by atoms with Crippen LogP contribution in [0.2, 0.25) is 0 Å². The van der Waals surface area contributed by atoms with Gasteiger partial charge in [-0.05, 0) is 43.5 Å². The second-order valence-electron chi connectivity index (χ2n) is 4.69. The lowest BCUT2D eigenvalue weighted by molar-refractivity contribution is 0.673. The zero-order chi connectivity index (χ0) is 13.2. The van der Waals surface area contributed by atoms with E-state index in [1.54, 1.807) is 0 Å². The highest BCUT2D eigenvalue weighted by Gasteiger charge is 2.06. The van der Waals surface area contributed by atoms with Gasteiger partial charge in [0.05, 0.1) is 0 Å². The van der Waals surface area contributed by atoms with Gasteiger partial charge in [0.25, 0.3) is 0 Å². The summed E-state index contributed by atoms with van der Waals surface area (Å²) in [5.74, 6) is 1.12. The highest BCUT2D eigenvalue weighted by molar-refractivity contribution is 5.40. The smallest absolute Gasteiger partial charge is 0.128 e. The molecule has 1 heterocycles. The maximum Gasteiger partial charge on any atom is 0.128 e. The fourth-order valence-corrected chi connectivity index (χ4v) is 2.03. The Hall–Kier alpha value is -1.09. The van der Waals surface area contributed by atoms with E-state index in [0.717, 1.165) is 32.0 Å². The number of nitrogens with zero attached hydrogens (tertiary/aromatic N) is 2. The molecule has 1 aromatic heterocycles. The summed E-state index contributed by atoms with van der Waals surface area (Å²) < 4.78 is 0. The Morgan fingerprint density at radius 3 is 2.44 bits per heavy atom. The van der Waals surface area contributed by atoms with Crippen LogP contribution in [0.1, 0.15) is 45.6 Å². The van der Waals surface area contributed by atoms with Gasteiger partial charge in [-0.2, -0.15) is 0 Å². The minimum atomic E-state index is 0.940. The summed E-state index contributed by atoms with van der Waals surface area (Å²) in [5, 5.41) is 3.44. The van der Waals surface area contributed by atoms with Crippen LogP contribution in [-0.2, 0) is 6.54 Å². The number of anilines is 1. The van der Waals surface area contributed by atoms with E-state index in [1.807, 2.05) is 6.20 Å². The average molecular weight is 249 g/mol. The Kier molecular flexibility index (Phi) is 7.42. The van der Waals surface area contributed by atoms with Crippen LogP contribution in [0.15, 0.2) is 18.3 Å². The van der Waals surface area contributed by atoms with Gasteiger partial charge < -0.3 is 10.2 Å². The van der Waals surface area contributed by atoms with Crippen molar-refractivity contribution in [2.24, 2.45) is 0 Å². The topological polar surface area (TPSA) is 28.2 Å². The molecule has 102 valence electrons. The van der Waals surface area contributed by atoms with E-state index in [1.165, 1.54) is 24.8 Å². The average Bonchev–Trinajstić information content (AvgIpc) is 2.39. The normalized spacial score (nSPS) is 10.6. The largest absolute Gasteiger partial charge is 0.357 e. The molecule has 1 rings (SSSR count). The van der Waals surface area contributed by atoms with Crippen molar-refractivity contribution in [3.63, 3.8) is 0 Å². The Morgan fingerprint density at radius 2 is 1.83 bits per heavy atom. The van der Waals surface area contributed by atoms with Gasteiger partial charge in [-0.3, -0.25) is 0 Å². The predicted molar refractivity (Wildman–Crippen MR) is 79.0 cm³/mol. The number of aromatic nitrogens is 1. The minimum Gasteiger partial charge on any atom is -0.357 e. The quantitative estimate of drug-likeness (QED) is 0.681. The zero-order valence-corrected chi connectivity index (χ0v) is 12.1. The van der Waals surface area contributed by atoms with Gasteiger partial charge in [-0.25, -0.2) is 4.98 Å². The molecule has 0 spiro atoms. The summed E-state index contributed by atoms with van der Waals surface area (Å²) in [4.78, 5) is 6.88. The summed E-state index contributed by atoms with van der Waals surface area (Å²) in [6, 6.07) is 4.32. The second kappa shape index (κ2) is 8.92. The van der Waals surface area contributed by atoms with Gasteiger partial charge in [-0.1, -0.05) is 20.8 Å². The molecule has 0 fully saturated rings. The molecule has 0 atom stereocenters. The molecule has 18 heavy (non-hydrogen) atoms. The summed E-state index contributed by atoms with van der Waals surface area (Å²) in [6.45, 7) is 10.8. The van der Waals surface area contributed by atoms with Gasteiger partial charge in [0, 0.05) is 25.8 Å². The van der Waals surface area contributed by atoms with Crippen molar-refractivity contribution < 1.29 is 0 Å². The first-order valence-electron chi connectivity index (χ1n) is 7.22. The third kappa shape index (κ3) is 5.05. The van der Waals surface area contributed by atoms with Crippen LogP contribution >= 0.6 is 0 Å². The molecule has 3 heteroatoms. The third-order valence-electron chi connectivity index (χ3n) is 2.88. The lowest BCUT2D eigenvalue weighted by Gasteiger charge is -2.23. The number of hydrogen-bond acceptors (Lipinski definition) is 3. The van der Waals surface area contributed by atoms with E-state index in [9.17, 15) is 0 Å². The van der Waals surface area contributed by atoms with E-state index in [0.29, 0.717) is 0 Å². The van der Waals surface area contributed by atoms with Gasteiger partial charge in [0.15, 0.2) is 0 Å². The molecule has 0 aliphatic rings. The molecule has 1 aromatic rings. The van der Waals surface area contributed by atoms with Crippen LogP contribution < -0.4 is 10.2 Å². The lowest BCUT2D eigenvalue weighted by Crippen LogP contribution is -2.26. The van der Waals surface area contributed by atoms with E-state index in [2.05, 4.69) is 48.1 Å². The maximum absolute atomic E-state index is 4.50. The number of rotatable bonds is 9. The molecular weight excluding hydrogens is 222 g/mol. The van der Waals surface area contributed by atoms with Crippen LogP contribution in [0.4, 0.5) is 5.82 Å². The summed E-state index contributed by atoms with van der Waals surface area (Å²) in [6.07, 6.45) is 5.44. The zero-order valence-electron chi connectivity index (χ0n) is 12.1. The second-order valence-corrected chi connectivity index (χ2v) is 4.69. The van der Waals surface area contributed by atoms with Crippen molar-refractivity contribution in [1.82, 2.24) is 10.3 Å². The number of hydrogen-bond donors (Lipinski definition) is 1. The summed E-state index contributed by atoms with van der Waals surface area (Å²) >= 11 is 0. The first-order chi connectivity index (χ1) is 8.81. The minimum absolute atomic E-state index is 0.940. The monoisotopic (exact) mass is 249 g/mol. The molecule has 0 aromatic carbocycles. The van der Waals surface area contributed by atoms with Gasteiger partial charge in [0.1, 0.15) is 5.82 Å². The first-order valence-corrected chi connectivity index (χ1v) is 7.22. The molecule has 0 aliphatic carbocycles. The van der Waals surface area contributed by atoms with E-state index in [4.69, 9.17) is 0 Å². The van der Waals surface area contributed by atoms with E-state index >= 15 is 0 Å². The van der Waals surface area contributed by atoms with Crippen molar-refractivity contribution in [2.75, 3.05) is 24.5 Å². The van der Waals surface area contributed by atoms with Crippen LogP contribution in [0.25, 0.3) is 0 Å². The SMILES string of the molecule is CCCNCc1ccnc(N(CCC)CCC)c1.